The van der Waals surface area contributed by atoms with Crippen molar-refractivity contribution in [1.82, 2.24) is 14.8 Å². The second-order valence-electron chi connectivity index (χ2n) is 7.50. The lowest BCUT2D eigenvalue weighted by molar-refractivity contribution is -0.139. The van der Waals surface area contributed by atoms with E-state index in [0.29, 0.717) is 12.1 Å². The molecule has 0 bridgehead atoms. The number of methoxy groups -OCH3 is 1. The number of H-pyrrole nitrogens is 1. The summed E-state index contributed by atoms with van der Waals surface area (Å²) in [4.78, 5) is 27.9. The number of ether oxygens (including phenoxy) is 1. The summed E-state index contributed by atoms with van der Waals surface area (Å²) in [6, 6.07) is 12.6. The van der Waals surface area contributed by atoms with Gasteiger partial charge in [-0.25, -0.2) is 9.18 Å². The maximum absolute atomic E-state index is 13.5. The maximum Gasteiger partial charge on any atom is 0.419 e. The van der Waals surface area contributed by atoms with Gasteiger partial charge >= 0.3 is 11.9 Å². The Morgan fingerprint density at radius 2 is 1.95 bits per heavy atom. The van der Waals surface area contributed by atoms with Crippen molar-refractivity contribution in [3.8, 4) is 28.9 Å². The van der Waals surface area contributed by atoms with Gasteiger partial charge in [0.25, 0.3) is 5.91 Å². The molecule has 0 aliphatic carbocycles. The van der Waals surface area contributed by atoms with E-state index in [4.69, 9.17) is 16.3 Å². The van der Waals surface area contributed by atoms with Gasteiger partial charge in [0.2, 0.25) is 0 Å². The Balaban J connectivity index is 1.67. The molecule has 4 aromatic rings. The summed E-state index contributed by atoms with van der Waals surface area (Å²) in [6.45, 7) is 0. The number of hydrogen-bond donors (Lipinski definition) is 2. The number of carbonyl (C=O) groups excluding carboxylic acids is 1. The van der Waals surface area contributed by atoms with E-state index in [-0.39, 0.29) is 44.7 Å². The smallest absolute Gasteiger partial charge is 0.419 e. The number of aromatic amines is 1. The first-order chi connectivity index (χ1) is 17.5. The zero-order valence-electron chi connectivity index (χ0n) is 18.7. The van der Waals surface area contributed by atoms with Crippen molar-refractivity contribution in [2.24, 2.45) is 0 Å². The summed E-state index contributed by atoms with van der Waals surface area (Å²) in [6.07, 6.45) is -4.95. The molecule has 0 aliphatic rings. The van der Waals surface area contributed by atoms with Gasteiger partial charge in [0.05, 0.1) is 46.1 Å². The molecular formula is C24H14ClF4N5O3. The number of benzene rings is 3. The van der Waals surface area contributed by atoms with E-state index in [9.17, 15) is 32.4 Å². The number of aromatic nitrogens is 3. The summed E-state index contributed by atoms with van der Waals surface area (Å²) in [5.74, 6) is -2.31. The highest BCUT2D eigenvalue weighted by Crippen LogP contribution is 2.33. The fraction of sp³-hybridized carbons (Fsp3) is 0.0833. The standard InChI is InChI=1S/C24H14ClF4N5O3/c1-37-19-10-14(34-23(36)32-21(33-34)20-12(11-30)3-2-4-17(20)25)6-7-15(19)22(35)31-13-5-8-18(26)16(9-13)24(27,28)29/h2-10H,1H3,(H,31,35)(H,32,33,36). The number of rotatable bonds is 5. The summed E-state index contributed by atoms with van der Waals surface area (Å²) in [5.41, 5.74) is -1.98. The second-order valence-corrected chi connectivity index (χ2v) is 7.90. The lowest BCUT2D eigenvalue weighted by atomic mass is 10.1. The van der Waals surface area contributed by atoms with E-state index >= 15 is 0 Å². The molecule has 0 aliphatic heterocycles. The van der Waals surface area contributed by atoms with Crippen molar-refractivity contribution in [3.05, 3.63) is 92.6 Å². The molecule has 0 radical (unpaired) electrons. The largest absolute Gasteiger partial charge is 0.496 e. The van der Waals surface area contributed by atoms with Crippen LogP contribution < -0.4 is 15.7 Å². The SMILES string of the molecule is COc1cc(-n2nc(-c3c(Cl)cccc3C#N)[nH]c2=O)ccc1C(=O)Nc1ccc(F)c(C(F)(F)F)c1. The Kier molecular flexibility index (Phi) is 6.74. The summed E-state index contributed by atoms with van der Waals surface area (Å²) < 4.78 is 58.7. The Labute approximate surface area is 210 Å². The molecule has 2 N–H and O–H groups in total. The summed E-state index contributed by atoms with van der Waals surface area (Å²) in [7, 11) is 1.25. The molecule has 0 fully saturated rings. The fourth-order valence-corrected chi connectivity index (χ4v) is 3.75. The minimum absolute atomic E-state index is 0.0277. The van der Waals surface area contributed by atoms with E-state index in [1.165, 1.54) is 37.4 Å². The quantitative estimate of drug-likeness (QED) is 0.345. The maximum atomic E-state index is 13.5. The van der Waals surface area contributed by atoms with Crippen molar-refractivity contribution in [3.63, 3.8) is 0 Å². The molecule has 188 valence electrons. The van der Waals surface area contributed by atoms with Gasteiger partial charge in [-0.15, -0.1) is 5.10 Å². The molecule has 0 atom stereocenters. The van der Waals surface area contributed by atoms with Crippen LogP contribution in [0.3, 0.4) is 0 Å². The second kappa shape index (κ2) is 9.79. The molecule has 13 heteroatoms. The lowest BCUT2D eigenvalue weighted by Gasteiger charge is -2.13. The van der Waals surface area contributed by atoms with Crippen LogP contribution in [0.5, 0.6) is 5.75 Å². The average Bonchev–Trinajstić information content (AvgIpc) is 3.24. The Hall–Kier alpha value is -4.63. The van der Waals surface area contributed by atoms with Crippen molar-refractivity contribution in [1.29, 1.82) is 5.26 Å². The monoisotopic (exact) mass is 531 g/mol. The number of nitrogens with one attached hydrogen (secondary N) is 2. The molecule has 1 amide bonds. The Morgan fingerprint density at radius 1 is 1.19 bits per heavy atom. The van der Waals surface area contributed by atoms with Crippen LogP contribution >= 0.6 is 11.6 Å². The highest BCUT2D eigenvalue weighted by atomic mass is 35.5. The number of nitriles is 1. The summed E-state index contributed by atoms with van der Waals surface area (Å²) >= 11 is 6.19. The Bertz CT molecular complexity index is 1620. The molecule has 37 heavy (non-hydrogen) atoms. The molecule has 0 spiro atoms. The van der Waals surface area contributed by atoms with Crippen molar-refractivity contribution >= 4 is 23.2 Å². The molecule has 0 saturated carbocycles. The first kappa shape index (κ1) is 25.5. The fourth-order valence-electron chi connectivity index (χ4n) is 3.49. The number of anilines is 1. The molecule has 1 heterocycles. The van der Waals surface area contributed by atoms with Crippen LogP contribution in [0.4, 0.5) is 23.2 Å². The van der Waals surface area contributed by atoms with E-state index in [1.807, 2.05) is 6.07 Å². The number of halogens is 5. The average molecular weight is 532 g/mol. The van der Waals surface area contributed by atoms with Crippen LogP contribution in [0.25, 0.3) is 17.1 Å². The van der Waals surface area contributed by atoms with E-state index in [1.54, 1.807) is 6.07 Å². The predicted octanol–water partition coefficient (Wildman–Crippen LogP) is 5.17. The normalized spacial score (nSPS) is 11.2. The first-order valence-electron chi connectivity index (χ1n) is 10.3. The zero-order valence-corrected chi connectivity index (χ0v) is 19.4. The van der Waals surface area contributed by atoms with Gasteiger partial charge in [0, 0.05) is 11.8 Å². The molecule has 3 aromatic carbocycles. The van der Waals surface area contributed by atoms with Crippen LogP contribution in [0.1, 0.15) is 21.5 Å². The van der Waals surface area contributed by atoms with Crippen LogP contribution in [-0.2, 0) is 6.18 Å². The van der Waals surface area contributed by atoms with Gasteiger partial charge in [0.15, 0.2) is 5.82 Å². The number of nitrogens with zero attached hydrogens (tertiary/aromatic N) is 3. The minimum atomic E-state index is -4.95. The van der Waals surface area contributed by atoms with Gasteiger partial charge in [-0.05, 0) is 42.5 Å². The van der Waals surface area contributed by atoms with Crippen molar-refractivity contribution in [2.45, 2.75) is 6.18 Å². The van der Waals surface area contributed by atoms with Crippen molar-refractivity contribution < 1.29 is 27.1 Å². The lowest BCUT2D eigenvalue weighted by Crippen LogP contribution is -2.18. The molecule has 4 rings (SSSR count). The van der Waals surface area contributed by atoms with Gasteiger partial charge < -0.3 is 10.1 Å². The van der Waals surface area contributed by atoms with Crippen LogP contribution in [-0.4, -0.2) is 27.8 Å². The highest BCUT2D eigenvalue weighted by Gasteiger charge is 2.34. The predicted molar refractivity (Wildman–Crippen MR) is 125 cm³/mol. The van der Waals surface area contributed by atoms with E-state index in [0.717, 1.165) is 10.7 Å². The third-order valence-electron chi connectivity index (χ3n) is 5.19. The molecule has 0 saturated heterocycles. The molecule has 8 nitrogen and oxygen atoms in total. The Morgan fingerprint density at radius 3 is 2.62 bits per heavy atom. The molecule has 0 unspecified atom stereocenters. The third-order valence-corrected chi connectivity index (χ3v) is 5.51. The molecule has 1 aromatic heterocycles. The van der Waals surface area contributed by atoms with Crippen molar-refractivity contribution in [2.75, 3.05) is 12.4 Å². The summed E-state index contributed by atoms with van der Waals surface area (Å²) in [5, 5.41) is 16.0. The first-order valence-corrected chi connectivity index (χ1v) is 10.7. The van der Waals surface area contributed by atoms with E-state index in [2.05, 4.69) is 15.4 Å². The number of hydrogen-bond acceptors (Lipinski definition) is 5. The topological polar surface area (TPSA) is 113 Å². The third kappa shape index (κ3) is 5.03. The highest BCUT2D eigenvalue weighted by molar-refractivity contribution is 6.33. The van der Waals surface area contributed by atoms with Crippen LogP contribution in [0.15, 0.2) is 59.4 Å². The van der Waals surface area contributed by atoms with Gasteiger partial charge in [-0.3, -0.25) is 9.78 Å². The zero-order chi connectivity index (χ0) is 26.9. The minimum Gasteiger partial charge on any atom is -0.496 e. The molecular weight excluding hydrogens is 518 g/mol. The number of alkyl halides is 3. The number of amides is 1. The van der Waals surface area contributed by atoms with Crippen LogP contribution in [0, 0.1) is 17.1 Å². The van der Waals surface area contributed by atoms with Gasteiger partial charge in [-0.2, -0.15) is 23.1 Å². The van der Waals surface area contributed by atoms with Gasteiger partial charge in [0.1, 0.15) is 11.6 Å². The number of carbonyl (C=O) groups is 1. The van der Waals surface area contributed by atoms with Crippen LogP contribution in [0.2, 0.25) is 5.02 Å². The van der Waals surface area contributed by atoms with E-state index < -0.39 is 29.2 Å². The van der Waals surface area contributed by atoms with Gasteiger partial charge in [-0.1, -0.05) is 17.7 Å².